The average Bonchev–Trinajstić information content (AvgIpc) is 2.31. The normalized spacial score (nSPS) is 9.27. The summed E-state index contributed by atoms with van der Waals surface area (Å²) in [5.41, 5.74) is 1.90. The Morgan fingerprint density at radius 1 is 1.20 bits per heavy atom. The second-order valence-electron chi connectivity index (χ2n) is 2.88. The molecule has 4 heteroatoms. The van der Waals surface area contributed by atoms with Crippen LogP contribution in [0.5, 0.6) is 0 Å². The van der Waals surface area contributed by atoms with Crippen LogP contribution in [0.3, 0.4) is 0 Å². The number of rotatable bonds is 2. The molecule has 2 aromatic heterocycles. The molecule has 0 bridgehead atoms. The van der Waals surface area contributed by atoms with Gasteiger partial charge in [0, 0.05) is 12.4 Å². The second-order valence-corrected chi connectivity index (χ2v) is 2.88. The molecule has 0 aliphatic rings. The van der Waals surface area contributed by atoms with E-state index in [0.717, 1.165) is 5.69 Å². The monoisotopic (exact) mass is 196 g/mol. The highest BCUT2D eigenvalue weighted by Crippen LogP contribution is 2.16. The number of aromatic nitrogens is 2. The number of hydrogen-bond donors (Lipinski definition) is 1. The summed E-state index contributed by atoms with van der Waals surface area (Å²) in [5, 5.41) is 11.9. The molecule has 2 heterocycles. The molecule has 0 saturated heterocycles. The van der Waals surface area contributed by atoms with Gasteiger partial charge in [0.2, 0.25) is 0 Å². The molecule has 0 radical (unpaired) electrons. The van der Waals surface area contributed by atoms with E-state index in [1.165, 1.54) is 0 Å². The van der Waals surface area contributed by atoms with Crippen LogP contribution in [0.25, 0.3) is 0 Å². The van der Waals surface area contributed by atoms with Crippen LogP contribution in [0.2, 0.25) is 0 Å². The Labute approximate surface area is 87.2 Å². The second kappa shape index (κ2) is 4.20. The Morgan fingerprint density at radius 3 is 2.80 bits per heavy atom. The molecule has 15 heavy (non-hydrogen) atoms. The number of nitrogens with zero attached hydrogens (tertiary/aromatic N) is 3. The van der Waals surface area contributed by atoms with E-state index in [1.807, 2.05) is 18.2 Å². The van der Waals surface area contributed by atoms with Gasteiger partial charge in [-0.1, -0.05) is 0 Å². The fourth-order valence-electron chi connectivity index (χ4n) is 1.19. The van der Waals surface area contributed by atoms with Crippen LogP contribution < -0.4 is 5.32 Å². The number of pyridine rings is 2. The highest BCUT2D eigenvalue weighted by atomic mass is 14.9. The van der Waals surface area contributed by atoms with Crippen molar-refractivity contribution >= 4 is 11.4 Å². The first-order chi connectivity index (χ1) is 7.40. The Kier molecular flexibility index (Phi) is 2.56. The van der Waals surface area contributed by atoms with Gasteiger partial charge in [-0.25, -0.2) is 4.98 Å². The zero-order chi connectivity index (χ0) is 10.5. The van der Waals surface area contributed by atoms with Gasteiger partial charge >= 0.3 is 0 Å². The van der Waals surface area contributed by atoms with Gasteiger partial charge in [0.25, 0.3) is 0 Å². The molecule has 72 valence electrons. The lowest BCUT2D eigenvalue weighted by molar-refractivity contribution is 1.25. The summed E-state index contributed by atoms with van der Waals surface area (Å²) in [4.78, 5) is 7.92. The topological polar surface area (TPSA) is 61.6 Å². The minimum atomic E-state index is 0.376. The minimum absolute atomic E-state index is 0.376. The van der Waals surface area contributed by atoms with Crippen molar-refractivity contribution in [3.63, 3.8) is 0 Å². The fraction of sp³-hybridized carbons (Fsp3) is 0. The molecule has 2 aromatic rings. The van der Waals surface area contributed by atoms with Crippen LogP contribution in [0.4, 0.5) is 11.4 Å². The number of nitriles is 1. The first kappa shape index (κ1) is 9.16. The Morgan fingerprint density at radius 2 is 2.07 bits per heavy atom. The molecule has 0 saturated carbocycles. The summed E-state index contributed by atoms with van der Waals surface area (Å²) in [6.07, 6.45) is 4.97. The van der Waals surface area contributed by atoms with E-state index in [9.17, 15) is 0 Å². The SMILES string of the molecule is N#Cc1ncccc1Nc1cccnc1. The number of hydrogen-bond acceptors (Lipinski definition) is 4. The van der Waals surface area contributed by atoms with Gasteiger partial charge in [-0.15, -0.1) is 0 Å². The third-order valence-corrected chi connectivity index (χ3v) is 1.85. The zero-order valence-electron chi connectivity index (χ0n) is 7.88. The summed E-state index contributed by atoms with van der Waals surface area (Å²) >= 11 is 0. The number of anilines is 2. The summed E-state index contributed by atoms with van der Waals surface area (Å²) in [6, 6.07) is 9.30. The summed E-state index contributed by atoms with van der Waals surface area (Å²) in [7, 11) is 0. The molecule has 0 aliphatic carbocycles. The maximum absolute atomic E-state index is 8.83. The molecule has 0 fully saturated rings. The van der Waals surface area contributed by atoms with Crippen LogP contribution in [-0.4, -0.2) is 9.97 Å². The third-order valence-electron chi connectivity index (χ3n) is 1.85. The van der Waals surface area contributed by atoms with Crippen LogP contribution in [-0.2, 0) is 0 Å². The quantitative estimate of drug-likeness (QED) is 0.798. The van der Waals surface area contributed by atoms with Gasteiger partial charge in [-0.05, 0) is 24.3 Å². The van der Waals surface area contributed by atoms with E-state index in [4.69, 9.17) is 5.26 Å². The smallest absolute Gasteiger partial charge is 0.163 e. The van der Waals surface area contributed by atoms with Gasteiger partial charge in [0.1, 0.15) is 6.07 Å². The maximum atomic E-state index is 8.83. The lowest BCUT2D eigenvalue weighted by Crippen LogP contribution is -1.95. The number of nitrogens with one attached hydrogen (secondary N) is 1. The molecular formula is C11H8N4. The lowest BCUT2D eigenvalue weighted by atomic mass is 10.3. The Hall–Kier alpha value is -2.41. The third kappa shape index (κ3) is 2.09. The van der Waals surface area contributed by atoms with Crippen molar-refractivity contribution in [1.29, 1.82) is 5.26 Å². The molecule has 2 rings (SSSR count). The summed E-state index contributed by atoms with van der Waals surface area (Å²) in [5.74, 6) is 0. The van der Waals surface area contributed by atoms with Crippen molar-refractivity contribution in [3.8, 4) is 6.07 Å². The standard InChI is InChI=1S/C11H8N4/c12-7-11-10(4-2-6-14-11)15-9-3-1-5-13-8-9/h1-6,8,15H. The summed E-state index contributed by atoms with van der Waals surface area (Å²) < 4.78 is 0. The highest BCUT2D eigenvalue weighted by molar-refractivity contribution is 5.63. The van der Waals surface area contributed by atoms with Crippen molar-refractivity contribution < 1.29 is 0 Å². The first-order valence-corrected chi connectivity index (χ1v) is 4.42. The van der Waals surface area contributed by atoms with Crippen LogP contribution in [0.1, 0.15) is 5.69 Å². The van der Waals surface area contributed by atoms with E-state index in [-0.39, 0.29) is 0 Å². The largest absolute Gasteiger partial charge is 0.352 e. The molecule has 0 aromatic carbocycles. The first-order valence-electron chi connectivity index (χ1n) is 4.42. The van der Waals surface area contributed by atoms with Crippen molar-refractivity contribution in [1.82, 2.24) is 9.97 Å². The Balaban J connectivity index is 2.29. The van der Waals surface area contributed by atoms with Crippen LogP contribution in [0.15, 0.2) is 42.9 Å². The van der Waals surface area contributed by atoms with E-state index in [0.29, 0.717) is 11.4 Å². The molecular weight excluding hydrogens is 188 g/mol. The average molecular weight is 196 g/mol. The van der Waals surface area contributed by atoms with Crippen molar-refractivity contribution in [2.24, 2.45) is 0 Å². The minimum Gasteiger partial charge on any atom is -0.352 e. The van der Waals surface area contributed by atoms with E-state index < -0.39 is 0 Å². The lowest BCUT2D eigenvalue weighted by Gasteiger charge is -2.05. The predicted octanol–water partition coefficient (Wildman–Crippen LogP) is 2.09. The fourth-order valence-corrected chi connectivity index (χ4v) is 1.19. The molecule has 4 nitrogen and oxygen atoms in total. The predicted molar refractivity (Wildman–Crippen MR) is 56.5 cm³/mol. The van der Waals surface area contributed by atoms with E-state index in [1.54, 1.807) is 30.7 Å². The molecule has 0 aliphatic heterocycles. The zero-order valence-corrected chi connectivity index (χ0v) is 7.88. The Bertz CT molecular complexity index is 487. The van der Waals surface area contributed by atoms with Crippen molar-refractivity contribution in [2.75, 3.05) is 5.32 Å². The van der Waals surface area contributed by atoms with Crippen molar-refractivity contribution in [2.45, 2.75) is 0 Å². The van der Waals surface area contributed by atoms with E-state index in [2.05, 4.69) is 15.3 Å². The van der Waals surface area contributed by atoms with Crippen LogP contribution in [0, 0.1) is 11.3 Å². The van der Waals surface area contributed by atoms with Gasteiger partial charge in [-0.3, -0.25) is 4.98 Å². The van der Waals surface area contributed by atoms with E-state index >= 15 is 0 Å². The molecule has 0 atom stereocenters. The van der Waals surface area contributed by atoms with Gasteiger partial charge in [0.05, 0.1) is 17.6 Å². The van der Waals surface area contributed by atoms with Gasteiger partial charge < -0.3 is 5.32 Å². The van der Waals surface area contributed by atoms with Gasteiger partial charge in [0.15, 0.2) is 5.69 Å². The van der Waals surface area contributed by atoms with Crippen LogP contribution >= 0.6 is 0 Å². The summed E-state index contributed by atoms with van der Waals surface area (Å²) in [6.45, 7) is 0. The van der Waals surface area contributed by atoms with Crippen molar-refractivity contribution in [3.05, 3.63) is 48.5 Å². The molecule has 0 spiro atoms. The molecule has 0 amide bonds. The molecule has 1 N–H and O–H groups in total. The molecule has 0 unspecified atom stereocenters. The highest BCUT2D eigenvalue weighted by Gasteiger charge is 2.01. The maximum Gasteiger partial charge on any atom is 0.163 e. The van der Waals surface area contributed by atoms with Gasteiger partial charge in [-0.2, -0.15) is 5.26 Å².